The second-order valence-electron chi connectivity index (χ2n) is 4.33. The van der Waals surface area contributed by atoms with Crippen molar-refractivity contribution in [2.75, 3.05) is 25.7 Å². The van der Waals surface area contributed by atoms with Crippen LogP contribution in [0.5, 0.6) is 11.5 Å². The Morgan fingerprint density at radius 1 is 1.33 bits per heavy atom. The number of carbonyl (C=O) groups excluding carboxylic acids is 1. The van der Waals surface area contributed by atoms with Gasteiger partial charge >= 0.3 is 0 Å². The maximum absolute atomic E-state index is 12.0. The molecule has 2 rings (SSSR count). The van der Waals surface area contributed by atoms with Gasteiger partial charge in [-0.1, -0.05) is 6.92 Å². The fourth-order valence-corrected chi connectivity index (χ4v) is 2.38. The summed E-state index contributed by atoms with van der Waals surface area (Å²) in [6.45, 7) is 2.66. The molecule has 0 aromatic heterocycles. The van der Waals surface area contributed by atoms with Crippen LogP contribution in [0.4, 0.5) is 5.69 Å². The molecular formula is C14H19NO3. The van der Waals surface area contributed by atoms with Gasteiger partial charge in [0.1, 0.15) is 11.5 Å². The molecule has 0 unspecified atom stereocenters. The van der Waals surface area contributed by atoms with Crippen molar-refractivity contribution in [3.8, 4) is 11.5 Å². The minimum Gasteiger partial charge on any atom is -0.497 e. The number of rotatable bonds is 3. The first kappa shape index (κ1) is 12.7. The molecule has 0 saturated heterocycles. The number of ether oxygens (including phenoxy) is 2. The van der Waals surface area contributed by atoms with Crippen molar-refractivity contribution in [2.24, 2.45) is 0 Å². The second-order valence-corrected chi connectivity index (χ2v) is 4.33. The lowest BCUT2D eigenvalue weighted by Gasteiger charge is -2.30. The Kier molecular flexibility index (Phi) is 3.75. The third-order valence-electron chi connectivity index (χ3n) is 3.32. The van der Waals surface area contributed by atoms with E-state index in [0.717, 1.165) is 42.1 Å². The maximum atomic E-state index is 12.0. The van der Waals surface area contributed by atoms with Crippen molar-refractivity contribution in [3.63, 3.8) is 0 Å². The molecule has 1 aromatic carbocycles. The van der Waals surface area contributed by atoms with E-state index < -0.39 is 0 Å². The summed E-state index contributed by atoms with van der Waals surface area (Å²) < 4.78 is 10.7. The Morgan fingerprint density at radius 2 is 2.11 bits per heavy atom. The van der Waals surface area contributed by atoms with Crippen molar-refractivity contribution in [2.45, 2.75) is 26.2 Å². The number of anilines is 1. The van der Waals surface area contributed by atoms with E-state index in [1.54, 1.807) is 14.2 Å². The normalized spacial score (nSPS) is 14.1. The molecule has 1 amide bonds. The summed E-state index contributed by atoms with van der Waals surface area (Å²) in [4.78, 5) is 13.8. The van der Waals surface area contributed by atoms with E-state index in [0.29, 0.717) is 6.42 Å². The molecule has 1 aromatic rings. The Balaban J connectivity index is 2.51. The molecule has 4 heteroatoms. The number of hydrogen-bond donors (Lipinski definition) is 0. The first-order valence-electron chi connectivity index (χ1n) is 6.26. The average molecular weight is 249 g/mol. The highest BCUT2D eigenvalue weighted by Crippen LogP contribution is 2.38. The van der Waals surface area contributed by atoms with Gasteiger partial charge in [-0.05, 0) is 12.8 Å². The minimum absolute atomic E-state index is 0.145. The zero-order valence-electron chi connectivity index (χ0n) is 11.2. The molecule has 4 nitrogen and oxygen atoms in total. The van der Waals surface area contributed by atoms with Crippen LogP contribution < -0.4 is 14.4 Å². The number of benzene rings is 1. The van der Waals surface area contributed by atoms with Gasteiger partial charge in [0.25, 0.3) is 0 Å². The molecule has 0 saturated carbocycles. The number of amides is 1. The summed E-state index contributed by atoms with van der Waals surface area (Å²) in [5.41, 5.74) is 2.04. The zero-order chi connectivity index (χ0) is 13.1. The van der Waals surface area contributed by atoms with Crippen LogP contribution in [0.25, 0.3) is 0 Å². The van der Waals surface area contributed by atoms with Crippen molar-refractivity contribution in [1.82, 2.24) is 0 Å². The van der Waals surface area contributed by atoms with Crippen molar-refractivity contribution < 1.29 is 14.3 Å². The Bertz CT molecular complexity index is 457. The predicted molar refractivity (Wildman–Crippen MR) is 70.5 cm³/mol. The van der Waals surface area contributed by atoms with Gasteiger partial charge in [0.05, 0.1) is 19.9 Å². The average Bonchev–Trinajstić information content (AvgIpc) is 2.44. The summed E-state index contributed by atoms with van der Waals surface area (Å²) in [5.74, 6) is 1.67. The lowest BCUT2D eigenvalue weighted by Crippen LogP contribution is -2.35. The molecule has 0 N–H and O–H groups in total. The Morgan fingerprint density at radius 3 is 2.72 bits per heavy atom. The quantitative estimate of drug-likeness (QED) is 0.825. The molecule has 0 aliphatic carbocycles. The molecule has 1 aliphatic rings. The van der Waals surface area contributed by atoms with Gasteiger partial charge < -0.3 is 14.4 Å². The number of fused-ring (bicyclic) bond motifs is 1. The summed E-state index contributed by atoms with van der Waals surface area (Å²) in [7, 11) is 3.27. The van der Waals surface area contributed by atoms with Gasteiger partial charge in [-0.15, -0.1) is 0 Å². The molecule has 98 valence electrons. The highest BCUT2D eigenvalue weighted by atomic mass is 16.5. The highest BCUT2D eigenvalue weighted by molar-refractivity contribution is 5.95. The molecule has 0 radical (unpaired) electrons. The molecule has 0 bridgehead atoms. The van der Waals surface area contributed by atoms with Gasteiger partial charge in [-0.25, -0.2) is 0 Å². The van der Waals surface area contributed by atoms with Crippen LogP contribution in [-0.2, 0) is 11.2 Å². The number of carbonyl (C=O) groups is 1. The fraction of sp³-hybridized carbons (Fsp3) is 0.500. The number of hydrogen-bond acceptors (Lipinski definition) is 3. The third kappa shape index (κ3) is 2.15. The second kappa shape index (κ2) is 5.29. The van der Waals surface area contributed by atoms with Crippen LogP contribution in [-0.4, -0.2) is 26.7 Å². The molecular weight excluding hydrogens is 230 g/mol. The monoisotopic (exact) mass is 249 g/mol. The molecule has 1 heterocycles. The van der Waals surface area contributed by atoms with Crippen LogP contribution in [0.1, 0.15) is 25.3 Å². The first-order valence-corrected chi connectivity index (χ1v) is 6.26. The van der Waals surface area contributed by atoms with Gasteiger partial charge in [0, 0.05) is 30.7 Å². The predicted octanol–water partition coefficient (Wildman–Crippen LogP) is 2.39. The molecule has 0 fully saturated rings. The van der Waals surface area contributed by atoms with Gasteiger partial charge in [-0.2, -0.15) is 0 Å². The zero-order valence-corrected chi connectivity index (χ0v) is 11.2. The van der Waals surface area contributed by atoms with E-state index in [1.165, 1.54) is 0 Å². The van der Waals surface area contributed by atoms with E-state index in [-0.39, 0.29) is 5.91 Å². The SMILES string of the molecule is CCC(=O)N1CCCc2c(OC)cc(OC)cc21. The molecule has 18 heavy (non-hydrogen) atoms. The standard InChI is InChI=1S/C14H19NO3/c1-4-14(16)15-7-5-6-11-12(15)8-10(17-2)9-13(11)18-3/h8-9H,4-7H2,1-3H3. The topological polar surface area (TPSA) is 38.8 Å². The fourth-order valence-electron chi connectivity index (χ4n) is 2.38. The molecule has 1 aliphatic heterocycles. The number of methoxy groups -OCH3 is 2. The van der Waals surface area contributed by atoms with Crippen molar-refractivity contribution in [1.29, 1.82) is 0 Å². The van der Waals surface area contributed by atoms with Crippen LogP contribution in [0.3, 0.4) is 0 Å². The third-order valence-corrected chi connectivity index (χ3v) is 3.32. The minimum atomic E-state index is 0.145. The summed E-state index contributed by atoms with van der Waals surface area (Å²) in [6, 6.07) is 3.79. The van der Waals surface area contributed by atoms with Crippen LogP contribution in [0, 0.1) is 0 Å². The van der Waals surface area contributed by atoms with Gasteiger partial charge in [0.15, 0.2) is 0 Å². The van der Waals surface area contributed by atoms with E-state index in [2.05, 4.69) is 0 Å². The molecule has 0 spiro atoms. The lowest BCUT2D eigenvalue weighted by atomic mass is 10.00. The highest BCUT2D eigenvalue weighted by Gasteiger charge is 2.25. The summed E-state index contributed by atoms with van der Waals surface area (Å²) >= 11 is 0. The summed E-state index contributed by atoms with van der Waals surface area (Å²) in [5, 5.41) is 0. The van der Waals surface area contributed by atoms with E-state index in [4.69, 9.17) is 9.47 Å². The van der Waals surface area contributed by atoms with E-state index in [1.807, 2.05) is 24.0 Å². The van der Waals surface area contributed by atoms with Crippen LogP contribution in [0.15, 0.2) is 12.1 Å². The van der Waals surface area contributed by atoms with Crippen LogP contribution >= 0.6 is 0 Å². The van der Waals surface area contributed by atoms with Crippen molar-refractivity contribution >= 4 is 11.6 Å². The largest absolute Gasteiger partial charge is 0.497 e. The van der Waals surface area contributed by atoms with Gasteiger partial charge in [-0.3, -0.25) is 4.79 Å². The maximum Gasteiger partial charge on any atom is 0.226 e. The lowest BCUT2D eigenvalue weighted by molar-refractivity contribution is -0.118. The first-order chi connectivity index (χ1) is 8.71. The Hall–Kier alpha value is -1.71. The van der Waals surface area contributed by atoms with Crippen molar-refractivity contribution in [3.05, 3.63) is 17.7 Å². The van der Waals surface area contributed by atoms with Gasteiger partial charge in [0.2, 0.25) is 5.91 Å². The summed E-state index contributed by atoms with van der Waals surface area (Å²) in [6.07, 6.45) is 2.43. The van der Waals surface area contributed by atoms with E-state index >= 15 is 0 Å². The Labute approximate surface area is 107 Å². The smallest absolute Gasteiger partial charge is 0.226 e. The number of nitrogens with zero attached hydrogens (tertiary/aromatic N) is 1. The van der Waals surface area contributed by atoms with Crippen LogP contribution in [0.2, 0.25) is 0 Å². The van der Waals surface area contributed by atoms with E-state index in [9.17, 15) is 4.79 Å². The molecule has 0 atom stereocenters.